The van der Waals surface area contributed by atoms with Gasteiger partial charge in [-0.25, -0.2) is 0 Å². The summed E-state index contributed by atoms with van der Waals surface area (Å²) in [5.41, 5.74) is 0.806. The van der Waals surface area contributed by atoms with Gasteiger partial charge in [0.1, 0.15) is 5.82 Å². The largest absolute Gasteiger partial charge is 0.337 e. The number of carbonyl (C=O) groups excluding carboxylic acids is 3. The number of hydrogen-bond donors (Lipinski definition) is 4. The molecular weight excluding hydrogens is 424 g/mol. The van der Waals surface area contributed by atoms with E-state index in [0.717, 1.165) is 19.3 Å². The zero-order valence-corrected chi connectivity index (χ0v) is 18.9. The Morgan fingerprint density at radius 3 is 2.24 bits per heavy atom. The SMILES string of the molecule is CC(=O)Nc1ccc(NC(=O)[C@@H]2CC(=O)Nc3nc(N4[C@H](C)CCC[C@@H]4C)[nH]c(=O)c32)cc1. The molecule has 1 aromatic carbocycles. The average Bonchev–Trinajstić information content (AvgIpc) is 2.73. The van der Waals surface area contributed by atoms with E-state index in [1.807, 2.05) is 0 Å². The molecule has 1 saturated heterocycles. The van der Waals surface area contributed by atoms with Gasteiger partial charge < -0.3 is 20.9 Å². The van der Waals surface area contributed by atoms with Crippen molar-refractivity contribution in [1.82, 2.24) is 9.97 Å². The molecule has 10 nitrogen and oxygen atoms in total. The molecule has 3 atom stereocenters. The topological polar surface area (TPSA) is 136 Å². The van der Waals surface area contributed by atoms with Crippen molar-refractivity contribution in [2.24, 2.45) is 0 Å². The van der Waals surface area contributed by atoms with Crippen molar-refractivity contribution in [1.29, 1.82) is 0 Å². The Labute approximate surface area is 191 Å². The average molecular weight is 453 g/mol. The number of aromatic amines is 1. The lowest BCUT2D eigenvalue weighted by molar-refractivity contribution is -0.123. The summed E-state index contributed by atoms with van der Waals surface area (Å²) < 4.78 is 0. The molecule has 10 heteroatoms. The number of benzene rings is 1. The van der Waals surface area contributed by atoms with E-state index >= 15 is 0 Å². The van der Waals surface area contributed by atoms with Crippen molar-refractivity contribution >= 4 is 40.9 Å². The van der Waals surface area contributed by atoms with Gasteiger partial charge in [-0.2, -0.15) is 4.98 Å². The summed E-state index contributed by atoms with van der Waals surface area (Å²) in [5, 5.41) is 8.07. The van der Waals surface area contributed by atoms with E-state index in [1.165, 1.54) is 6.92 Å². The quantitative estimate of drug-likeness (QED) is 0.563. The number of fused-ring (bicyclic) bond motifs is 1. The number of H-pyrrole nitrogens is 1. The Morgan fingerprint density at radius 1 is 1.03 bits per heavy atom. The van der Waals surface area contributed by atoms with Crippen LogP contribution in [-0.2, 0) is 14.4 Å². The fraction of sp³-hybridized carbons (Fsp3) is 0.435. The summed E-state index contributed by atoms with van der Waals surface area (Å²) in [4.78, 5) is 59.1. The van der Waals surface area contributed by atoms with Crippen LogP contribution < -0.4 is 26.4 Å². The highest BCUT2D eigenvalue weighted by molar-refractivity contribution is 6.04. The maximum absolute atomic E-state index is 13.1. The molecule has 0 saturated carbocycles. The van der Waals surface area contributed by atoms with Crippen molar-refractivity contribution in [3.63, 3.8) is 0 Å². The molecule has 174 valence electrons. The Hall–Kier alpha value is -3.69. The Bertz CT molecular complexity index is 1130. The van der Waals surface area contributed by atoms with Crippen LogP contribution in [0.2, 0.25) is 0 Å². The van der Waals surface area contributed by atoms with Crippen LogP contribution in [0.5, 0.6) is 0 Å². The third-order valence-corrected chi connectivity index (χ3v) is 6.17. The molecule has 2 aromatic rings. The summed E-state index contributed by atoms with van der Waals surface area (Å²) in [6, 6.07) is 6.98. The van der Waals surface area contributed by atoms with Crippen LogP contribution in [0.15, 0.2) is 29.1 Å². The van der Waals surface area contributed by atoms with Crippen LogP contribution in [-0.4, -0.2) is 39.8 Å². The van der Waals surface area contributed by atoms with E-state index in [9.17, 15) is 19.2 Å². The molecule has 1 fully saturated rings. The second-order valence-electron chi connectivity index (χ2n) is 8.74. The lowest BCUT2D eigenvalue weighted by Crippen LogP contribution is -2.46. The number of aromatic nitrogens is 2. The molecule has 0 unspecified atom stereocenters. The number of anilines is 4. The van der Waals surface area contributed by atoms with E-state index in [1.54, 1.807) is 24.3 Å². The molecule has 33 heavy (non-hydrogen) atoms. The highest BCUT2D eigenvalue weighted by Gasteiger charge is 2.36. The fourth-order valence-corrected chi connectivity index (χ4v) is 4.61. The summed E-state index contributed by atoms with van der Waals surface area (Å²) in [7, 11) is 0. The Balaban J connectivity index is 1.60. The first-order chi connectivity index (χ1) is 15.7. The predicted octanol–water partition coefficient (Wildman–Crippen LogP) is 2.56. The maximum Gasteiger partial charge on any atom is 0.258 e. The molecule has 0 bridgehead atoms. The molecule has 0 spiro atoms. The summed E-state index contributed by atoms with van der Waals surface area (Å²) in [6.07, 6.45) is 2.94. The Morgan fingerprint density at radius 2 is 1.64 bits per heavy atom. The van der Waals surface area contributed by atoms with Crippen LogP contribution in [0.25, 0.3) is 0 Å². The molecule has 3 amide bonds. The first-order valence-corrected chi connectivity index (χ1v) is 11.1. The van der Waals surface area contributed by atoms with E-state index in [0.29, 0.717) is 17.3 Å². The molecule has 0 aliphatic carbocycles. The summed E-state index contributed by atoms with van der Waals surface area (Å²) in [6.45, 7) is 5.58. The van der Waals surface area contributed by atoms with Gasteiger partial charge in [0.2, 0.25) is 23.7 Å². The number of nitrogens with zero attached hydrogens (tertiary/aromatic N) is 2. The van der Waals surface area contributed by atoms with Crippen LogP contribution in [0.3, 0.4) is 0 Å². The molecule has 4 N–H and O–H groups in total. The predicted molar refractivity (Wildman–Crippen MR) is 125 cm³/mol. The molecule has 2 aliphatic rings. The van der Waals surface area contributed by atoms with Crippen LogP contribution in [0.4, 0.5) is 23.1 Å². The highest BCUT2D eigenvalue weighted by Crippen LogP contribution is 2.32. The molecule has 1 aromatic heterocycles. The molecule has 4 rings (SSSR count). The zero-order valence-electron chi connectivity index (χ0n) is 18.9. The number of piperidine rings is 1. The fourth-order valence-electron chi connectivity index (χ4n) is 4.61. The van der Waals surface area contributed by atoms with Gasteiger partial charge in [-0.05, 0) is 57.4 Å². The second kappa shape index (κ2) is 9.05. The smallest absolute Gasteiger partial charge is 0.258 e. The van der Waals surface area contributed by atoms with E-state index in [4.69, 9.17) is 0 Å². The normalized spacial score (nSPS) is 22.2. The van der Waals surface area contributed by atoms with Crippen LogP contribution in [0.1, 0.15) is 57.9 Å². The minimum atomic E-state index is -0.967. The minimum Gasteiger partial charge on any atom is -0.337 e. The van der Waals surface area contributed by atoms with Gasteiger partial charge >= 0.3 is 0 Å². The third kappa shape index (κ3) is 4.74. The van der Waals surface area contributed by atoms with E-state index < -0.39 is 17.4 Å². The number of carbonyl (C=O) groups is 3. The van der Waals surface area contributed by atoms with Crippen molar-refractivity contribution in [3.8, 4) is 0 Å². The Kier molecular flexibility index (Phi) is 6.17. The molecular formula is C23H28N6O4. The highest BCUT2D eigenvalue weighted by atomic mass is 16.2. The lowest BCUT2D eigenvalue weighted by atomic mass is 9.92. The van der Waals surface area contributed by atoms with Crippen molar-refractivity contribution in [2.75, 3.05) is 20.9 Å². The van der Waals surface area contributed by atoms with Gasteiger partial charge in [0, 0.05) is 36.8 Å². The molecule has 2 aliphatic heterocycles. The second-order valence-corrected chi connectivity index (χ2v) is 8.74. The monoisotopic (exact) mass is 452 g/mol. The van der Waals surface area contributed by atoms with E-state index in [-0.39, 0.29) is 41.7 Å². The van der Waals surface area contributed by atoms with Gasteiger partial charge in [0.15, 0.2) is 0 Å². The summed E-state index contributed by atoms with van der Waals surface area (Å²) >= 11 is 0. The maximum atomic E-state index is 13.1. The minimum absolute atomic E-state index is 0.135. The van der Waals surface area contributed by atoms with Crippen molar-refractivity contribution in [3.05, 3.63) is 40.2 Å². The number of hydrogen-bond acceptors (Lipinski definition) is 6. The molecule has 0 radical (unpaired) electrons. The first-order valence-electron chi connectivity index (χ1n) is 11.1. The van der Waals surface area contributed by atoms with Gasteiger partial charge in [-0.15, -0.1) is 0 Å². The summed E-state index contributed by atoms with van der Waals surface area (Å²) in [5.74, 6) is -1.46. The standard InChI is InChI=1S/C23H28N6O4/c1-12-5-4-6-13(2)29(12)23-27-20-19(22(33)28-23)17(11-18(31)26-20)21(32)25-16-9-7-15(8-10-16)24-14(3)30/h7-10,12-13,17H,4-6,11H2,1-3H3,(H,24,30)(H,25,32)(H2,26,27,28,31,33)/t12-,13+,17-/m1/s1. The van der Waals surface area contributed by atoms with Crippen LogP contribution in [0, 0.1) is 0 Å². The number of amides is 3. The third-order valence-electron chi connectivity index (χ3n) is 6.17. The van der Waals surface area contributed by atoms with Gasteiger partial charge in [0.05, 0.1) is 11.5 Å². The van der Waals surface area contributed by atoms with Gasteiger partial charge in [-0.3, -0.25) is 24.2 Å². The van der Waals surface area contributed by atoms with Gasteiger partial charge in [-0.1, -0.05) is 0 Å². The van der Waals surface area contributed by atoms with E-state index in [2.05, 4.69) is 44.7 Å². The van der Waals surface area contributed by atoms with Crippen LogP contribution >= 0.6 is 0 Å². The lowest BCUT2D eigenvalue weighted by Gasteiger charge is -2.39. The van der Waals surface area contributed by atoms with Crippen molar-refractivity contribution in [2.45, 2.75) is 64.5 Å². The number of nitrogens with one attached hydrogen (secondary N) is 4. The number of rotatable bonds is 4. The molecule has 3 heterocycles. The first kappa shape index (κ1) is 22.5. The van der Waals surface area contributed by atoms with Gasteiger partial charge in [0.25, 0.3) is 5.56 Å². The zero-order chi connectivity index (χ0) is 23.7. The van der Waals surface area contributed by atoms with Crippen molar-refractivity contribution < 1.29 is 14.4 Å².